The second-order valence-electron chi connectivity index (χ2n) is 1.63. The number of nitrogens with one attached hydrogen (secondary N) is 1. The number of halogens is 3. The number of hydrogen-bond acceptors (Lipinski definition) is 1. The van der Waals surface area contributed by atoms with Crippen molar-refractivity contribution < 1.29 is 18.0 Å². The largest absolute Gasteiger partial charge is 0.400 e. The maximum atomic E-state index is 11.4. The van der Waals surface area contributed by atoms with Gasteiger partial charge in [-0.05, 0) is 6.92 Å². The molecule has 2 nitrogen and oxygen atoms in total. The molecule has 0 aromatic heterocycles. The lowest BCUT2D eigenvalue weighted by Gasteiger charge is -2.09. The quantitative estimate of drug-likeness (QED) is 0.535. The van der Waals surface area contributed by atoms with Crippen molar-refractivity contribution in [1.29, 1.82) is 0 Å². The van der Waals surface area contributed by atoms with Crippen LogP contribution in [0.4, 0.5) is 13.2 Å². The average Bonchev–Trinajstić information content (AvgIpc) is 1.62. The van der Waals surface area contributed by atoms with Gasteiger partial charge in [0, 0.05) is 0 Å². The molecule has 1 radical (unpaired) electrons. The third-order valence-corrected chi connectivity index (χ3v) is 0.884. The molecular formula is C4H5F3NO. The molecule has 0 aromatic carbocycles. The fourth-order valence-corrected chi connectivity index (χ4v) is 0.149. The molecule has 0 saturated heterocycles. The molecule has 0 spiro atoms. The summed E-state index contributed by atoms with van der Waals surface area (Å²) in [6.45, 7) is 0.662. The second-order valence-corrected chi connectivity index (χ2v) is 1.63. The first-order valence-electron chi connectivity index (χ1n) is 2.18. The Kier molecular flexibility index (Phi) is 2.06. The summed E-state index contributed by atoms with van der Waals surface area (Å²) in [5.41, 5.74) is 6.08. The summed E-state index contributed by atoms with van der Waals surface area (Å²) in [5.74, 6) is -3.75. The Balaban J connectivity index is 4.04. The van der Waals surface area contributed by atoms with E-state index in [0.29, 0.717) is 6.92 Å². The van der Waals surface area contributed by atoms with Gasteiger partial charge in [-0.15, -0.1) is 0 Å². The van der Waals surface area contributed by atoms with E-state index in [1.807, 2.05) is 0 Å². The minimum Gasteiger partial charge on any atom is -0.273 e. The number of hydrogen-bond donors (Lipinski definition) is 0. The van der Waals surface area contributed by atoms with E-state index in [9.17, 15) is 18.0 Å². The Hall–Kier alpha value is -0.740. The van der Waals surface area contributed by atoms with Crippen LogP contribution >= 0.6 is 0 Å². The molecule has 9 heavy (non-hydrogen) atoms. The van der Waals surface area contributed by atoms with Crippen molar-refractivity contribution in [2.24, 2.45) is 5.92 Å². The van der Waals surface area contributed by atoms with Crippen molar-refractivity contribution in [1.82, 2.24) is 5.73 Å². The Morgan fingerprint density at radius 2 is 1.89 bits per heavy atom. The number of rotatable bonds is 1. The van der Waals surface area contributed by atoms with Crippen LogP contribution in [-0.4, -0.2) is 12.1 Å². The molecule has 1 N–H and O–H groups in total. The SMILES string of the molecule is C[C@H](C([NH])=O)C(F)(F)F. The van der Waals surface area contributed by atoms with Gasteiger partial charge in [0.25, 0.3) is 0 Å². The zero-order valence-corrected chi connectivity index (χ0v) is 4.62. The van der Waals surface area contributed by atoms with Crippen LogP contribution in [0.5, 0.6) is 0 Å². The number of carbonyl (C=O) groups excluding carboxylic acids is 1. The molecule has 0 unspecified atom stereocenters. The van der Waals surface area contributed by atoms with Gasteiger partial charge in [-0.3, -0.25) is 10.5 Å². The van der Waals surface area contributed by atoms with Crippen LogP contribution in [0.2, 0.25) is 0 Å². The summed E-state index contributed by atoms with van der Waals surface area (Å²) in [5, 5.41) is 0. The predicted molar refractivity (Wildman–Crippen MR) is 23.3 cm³/mol. The van der Waals surface area contributed by atoms with E-state index in [-0.39, 0.29) is 0 Å². The Morgan fingerprint density at radius 1 is 1.56 bits per heavy atom. The molecule has 0 bridgehead atoms. The Labute approximate surface area is 49.8 Å². The summed E-state index contributed by atoms with van der Waals surface area (Å²) in [7, 11) is 0. The summed E-state index contributed by atoms with van der Waals surface area (Å²) in [4.78, 5) is 9.74. The van der Waals surface area contributed by atoms with Crippen molar-refractivity contribution in [3.05, 3.63) is 0 Å². The highest BCUT2D eigenvalue weighted by atomic mass is 19.4. The van der Waals surface area contributed by atoms with E-state index in [4.69, 9.17) is 5.73 Å². The lowest BCUT2D eigenvalue weighted by Crippen LogP contribution is -2.28. The minimum absolute atomic E-state index is 0.662. The maximum Gasteiger partial charge on any atom is 0.400 e. The molecule has 5 heteroatoms. The highest BCUT2D eigenvalue weighted by Crippen LogP contribution is 2.25. The van der Waals surface area contributed by atoms with Crippen molar-refractivity contribution >= 4 is 5.91 Å². The minimum atomic E-state index is -4.56. The van der Waals surface area contributed by atoms with E-state index < -0.39 is 18.0 Å². The standard InChI is InChI=1S/C4H5F3NO/c1-2(3(8)9)4(5,6)7/h2,8H,1H3/t2-/m1/s1. The van der Waals surface area contributed by atoms with Gasteiger partial charge in [0.1, 0.15) is 5.92 Å². The molecule has 0 aliphatic rings. The Bertz CT molecular complexity index is 119. The molecule has 0 aromatic rings. The molecule has 0 aliphatic carbocycles. The predicted octanol–water partition coefficient (Wildman–Crippen LogP) is 0.994. The zero-order chi connectivity index (χ0) is 7.65. The molecule has 0 fully saturated rings. The topological polar surface area (TPSA) is 40.9 Å². The van der Waals surface area contributed by atoms with E-state index in [2.05, 4.69) is 0 Å². The summed E-state index contributed by atoms with van der Waals surface area (Å²) in [6.07, 6.45) is -4.56. The van der Waals surface area contributed by atoms with Crippen molar-refractivity contribution in [3.63, 3.8) is 0 Å². The van der Waals surface area contributed by atoms with Gasteiger partial charge in [-0.2, -0.15) is 13.2 Å². The molecule has 0 heterocycles. The molecule has 53 valence electrons. The first-order chi connectivity index (χ1) is 3.85. The summed E-state index contributed by atoms with van der Waals surface area (Å²) >= 11 is 0. The van der Waals surface area contributed by atoms with Gasteiger partial charge in [0.2, 0.25) is 5.91 Å². The van der Waals surface area contributed by atoms with Crippen LogP contribution in [0.1, 0.15) is 6.92 Å². The molecule has 1 atom stereocenters. The monoisotopic (exact) mass is 140 g/mol. The molecule has 1 amide bonds. The zero-order valence-electron chi connectivity index (χ0n) is 4.62. The van der Waals surface area contributed by atoms with Crippen LogP contribution in [0.3, 0.4) is 0 Å². The van der Waals surface area contributed by atoms with Gasteiger partial charge >= 0.3 is 6.18 Å². The fourth-order valence-electron chi connectivity index (χ4n) is 0.149. The van der Waals surface area contributed by atoms with Gasteiger partial charge in [0.05, 0.1) is 0 Å². The number of amides is 1. The lowest BCUT2D eigenvalue weighted by molar-refractivity contribution is -0.177. The van der Waals surface area contributed by atoms with Crippen molar-refractivity contribution in [2.75, 3.05) is 0 Å². The van der Waals surface area contributed by atoms with E-state index >= 15 is 0 Å². The van der Waals surface area contributed by atoms with Crippen molar-refractivity contribution in [3.8, 4) is 0 Å². The van der Waals surface area contributed by atoms with Gasteiger partial charge in [-0.1, -0.05) is 0 Å². The molecule has 0 rings (SSSR count). The Morgan fingerprint density at radius 3 is 1.89 bits per heavy atom. The first kappa shape index (κ1) is 8.26. The van der Waals surface area contributed by atoms with Crippen LogP contribution in [-0.2, 0) is 4.79 Å². The summed E-state index contributed by atoms with van der Waals surface area (Å²) in [6, 6.07) is 0. The molecule has 0 aliphatic heterocycles. The van der Waals surface area contributed by atoms with Crippen LogP contribution in [0.25, 0.3) is 0 Å². The van der Waals surface area contributed by atoms with Crippen molar-refractivity contribution in [2.45, 2.75) is 13.1 Å². The second kappa shape index (κ2) is 2.24. The highest BCUT2D eigenvalue weighted by molar-refractivity contribution is 5.76. The average molecular weight is 140 g/mol. The number of carbonyl (C=O) groups is 1. The maximum absolute atomic E-state index is 11.4. The fraction of sp³-hybridized carbons (Fsp3) is 0.750. The third-order valence-electron chi connectivity index (χ3n) is 0.884. The van der Waals surface area contributed by atoms with Crippen LogP contribution in [0.15, 0.2) is 0 Å². The van der Waals surface area contributed by atoms with E-state index in [0.717, 1.165) is 0 Å². The van der Waals surface area contributed by atoms with Gasteiger partial charge < -0.3 is 0 Å². The first-order valence-corrected chi connectivity index (χ1v) is 2.18. The lowest BCUT2D eigenvalue weighted by atomic mass is 10.2. The molecule has 0 saturated carbocycles. The third kappa shape index (κ3) is 2.34. The van der Waals surface area contributed by atoms with Gasteiger partial charge in [0.15, 0.2) is 0 Å². The van der Waals surface area contributed by atoms with Crippen LogP contribution < -0.4 is 5.73 Å². The van der Waals surface area contributed by atoms with E-state index in [1.165, 1.54) is 0 Å². The number of alkyl halides is 3. The van der Waals surface area contributed by atoms with E-state index in [1.54, 1.807) is 0 Å². The molecular weight excluding hydrogens is 135 g/mol. The smallest absolute Gasteiger partial charge is 0.273 e. The summed E-state index contributed by atoms with van der Waals surface area (Å²) < 4.78 is 34.1. The normalized spacial score (nSPS) is 15.1. The van der Waals surface area contributed by atoms with Crippen LogP contribution in [0, 0.1) is 5.92 Å². The van der Waals surface area contributed by atoms with Gasteiger partial charge in [-0.25, -0.2) is 0 Å². The highest BCUT2D eigenvalue weighted by Gasteiger charge is 2.40.